The second kappa shape index (κ2) is 5.36. The van der Waals surface area contributed by atoms with Gasteiger partial charge in [0.05, 0.1) is 12.5 Å². The number of nitrogens with zero attached hydrogens (tertiary/aromatic N) is 4. The first-order valence-corrected chi connectivity index (χ1v) is 5.48. The molecule has 102 valence electrons. The molecule has 0 saturated heterocycles. The van der Waals surface area contributed by atoms with E-state index in [1.165, 1.54) is 0 Å². The highest BCUT2D eigenvalue weighted by Gasteiger charge is 2.27. The second-order valence-electron chi connectivity index (χ2n) is 5.32. The predicted molar refractivity (Wildman–Crippen MR) is 58.0 cm³/mol. The van der Waals surface area contributed by atoms with Crippen LogP contribution in [0.4, 0.5) is 8.78 Å². The molecule has 0 fully saturated rings. The van der Waals surface area contributed by atoms with E-state index in [1.807, 2.05) is 20.8 Å². The summed E-state index contributed by atoms with van der Waals surface area (Å²) in [5, 5.41) is 18.8. The smallest absolute Gasteiger partial charge is 0.308 e. The molecule has 0 bridgehead atoms. The van der Waals surface area contributed by atoms with Gasteiger partial charge >= 0.3 is 5.97 Å². The van der Waals surface area contributed by atoms with Crippen LogP contribution < -0.4 is 0 Å². The van der Waals surface area contributed by atoms with Gasteiger partial charge in [0.1, 0.15) is 0 Å². The summed E-state index contributed by atoms with van der Waals surface area (Å²) < 4.78 is 25.9. The van der Waals surface area contributed by atoms with Gasteiger partial charge in [0.15, 0.2) is 0 Å². The molecule has 1 aromatic heterocycles. The van der Waals surface area contributed by atoms with Crippen molar-refractivity contribution in [1.82, 2.24) is 20.2 Å². The van der Waals surface area contributed by atoms with Crippen LogP contribution in [0.1, 0.15) is 39.4 Å². The van der Waals surface area contributed by atoms with Crippen LogP contribution in [0.15, 0.2) is 0 Å². The lowest BCUT2D eigenvalue weighted by Crippen LogP contribution is -2.26. The van der Waals surface area contributed by atoms with Crippen LogP contribution in [0.3, 0.4) is 0 Å². The summed E-state index contributed by atoms with van der Waals surface area (Å²) in [5.41, 5.74) is -0.220. The summed E-state index contributed by atoms with van der Waals surface area (Å²) >= 11 is 0. The molecule has 0 aliphatic heterocycles. The van der Waals surface area contributed by atoms with Crippen molar-refractivity contribution in [2.24, 2.45) is 11.3 Å². The lowest BCUT2D eigenvalue weighted by molar-refractivity contribution is -0.143. The van der Waals surface area contributed by atoms with Gasteiger partial charge in [0.2, 0.25) is 5.82 Å². The summed E-state index contributed by atoms with van der Waals surface area (Å²) in [5.74, 6) is -2.44. The fraction of sp³-hybridized carbons (Fsp3) is 0.800. The van der Waals surface area contributed by atoms with Crippen LogP contribution in [-0.4, -0.2) is 31.3 Å². The molecule has 0 aliphatic rings. The number of aromatic nitrogens is 4. The topological polar surface area (TPSA) is 80.9 Å². The molecule has 1 N–H and O–H groups in total. The lowest BCUT2D eigenvalue weighted by Gasteiger charge is -2.23. The van der Waals surface area contributed by atoms with Gasteiger partial charge in [-0.1, -0.05) is 20.8 Å². The molecule has 1 aromatic rings. The third-order valence-corrected chi connectivity index (χ3v) is 2.36. The van der Waals surface area contributed by atoms with Gasteiger partial charge in [-0.2, -0.15) is 0 Å². The summed E-state index contributed by atoms with van der Waals surface area (Å²) in [6.45, 7) is 5.50. The minimum Gasteiger partial charge on any atom is -0.481 e. The molecule has 0 spiro atoms. The first-order chi connectivity index (χ1) is 8.20. The minimum atomic E-state index is -2.82. The summed E-state index contributed by atoms with van der Waals surface area (Å²) in [4.78, 5) is 11.1. The molecule has 0 amide bonds. The van der Waals surface area contributed by atoms with E-state index >= 15 is 0 Å². The van der Waals surface area contributed by atoms with Crippen molar-refractivity contribution in [3.05, 3.63) is 5.82 Å². The Morgan fingerprint density at radius 1 is 1.44 bits per heavy atom. The summed E-state index contributed by atoms with van der Waals surface area (Å²) in [7, 11) is 0. The molecule has 1 atom stereocenters. The number of halogens is 2. The number of alkyl halides is 2. The monoisotopic (exact) mass is 262 g/mol. The van der Waals surface area contributed by atoms with E-state index in [2.05, 4.69) is 15.5 Å². The quantitative estimate of drug-likeness (QED) is 0.874. The zero-order chi connectivity index (χ0) is 13.9. The number of carbonyl (C=O) groups is 1. The average Bonchev–Trinajstić information content (AvgIpc) is 2.62. The zero-order valence-corrected chi connectivity index (χ0v) is 10.5. The first kappa shape index (κ1) is 14.5. The average molecular weight is 262 g/mol. The number of rotatable bonds is 5. The highest BCUT2D eigenvalue weighted by molar-refractivity contribution is 5.69. The van der Waals surface area contributed by atoms with E-state index in [9.17, 15) is 13.6 Å². The minimum absolute atomic E-state index is 0.153. The molecule has 6 nitrogen and oxygen atoms in total. The van der Waals surface area contributed by atoms with Gasteiger partial charge in [-0.05, 0) is 22.3 Å². The standard InChI is InChI=1S/C10H16F2N4O2/c1-10(2,3)4-6(9(17)18)5-16-8(7(11)12)13-14-15-16/h6-7H,4-5H2,1-3H3,(H,17,18). The van der Waals surface area contributed by atoms with Crippen LogP contribution >= 0.6 is 0 Å². The first-order valence-electron chi connectivity index (χ1n) is 5.48. The number of aliphatic carboxylic acids is 1. The van der Waals surface area contributed by atoms with E-state index in [-0.39, 0.29) is 12.0 Å². The Balaban J connectivity index is 2.84. The third kappa shape index (κ3) is 4.01. The van der Waals surface area contributed by atoms with Gasteiger partial charge in [0, 0.05) is 0 Å². The summed E-state index contributed by atoms with van der Waals surface area (Å²) in [6, 6.07) is 0. The maximum Gasteiger partial charge on any atom is 0.308 e. The van der Waals surface area contributed by atoms with Crippen molar-refractivity contribution >= 4 is 5.97 Å². The van der Waals surface area contributed by atoms with Gasteiger partial charge in [0.25, 0.3) is 6.43 Å². The van der Waals surface area contributed by atoms with Gasteiger partial charge in [-0.25, -0.2) is 13.5 Å². The number of tetrazole rings is 1. The van der Waals surface area contributed by atoms with E-state index in [4.69, 9.17) is 5.11 Å². The normalized spacial score (nSPS) is 13.9. The Morgan fingerprint density at radius 2 is 2.06 bits per heavy atom. The van der Waals surface area contributed by atoms with Gasteiger partial charge < -0.3 is 5.11 Å². The van der Waals surface area contributed by atoms with Crippen LogP contribution in [-0.2, 0) is 11.3 Å². The predicted octanol–water partition coefficient (Wildman–Crippen LogP) is 1.75. The fourth-order valence-corrected chi connectivity index (χ4v) is 1.68. The number of hydrogen-bond acceptors (Lipinski definition) is 4. The van der Waals surface area contributed by atoms with Crippen molar-refractivity contribution in [3.8, 4) is 0 Å². The lowest BCUT2D eigenvalue weighted by atomic mass is 9.84. The Morgan fingerprint density at radius 3 is 2.50 bits per heavy atom. The largest absolute Gasteiger partial charge is 0.481 e. The van der Waals surface area contributed by atoms with Crippen molar-refractivity contribution in [2.45, 2.75) is 40.2 Å². The molecule has 1 unspecified atom stereocenters. The molecule has 8 heteroatoms. The fourth-order valence-electron chi connectivity index (χ4n) is 1.68. The molecule has 0 aliphatic carbocycles. The molecule has 0 aromatic carbocycles. The van der Waals surface area contributed by atoms with E-state index in [1.54, 1.807) is 0 Å². The molecular weight excluding hydrogens is 246 g/mol. The van der Waals surface area contributed by atoms with Crippen molar-refractivity contribution < 1.29 is 18.7 Å². The highest BCUT2D eigenvalue weighted by atomic mass is 19.3. The molecule has 1 heterocycles. The molecule has 1 rings (SSSR count). The van der Waals surface area contributed by atoms with Gasteiger partial charge in [-0.15, -0.1) is 5.10 Å². The number of hydrogen-bond donors (Lipinski definition) is 1. The molecule has 18 heavy (non-hydrogen) atoms. The van der Waals surface area contributed by atoms with E-state index in [0.717, 1.165) is 4.68 Å². The van der Waals surface area contributed by atoms with E-state index < -0.39 is 24.1 Å². The Labute approximate surface area is 103 Å². The Hall–Kier alpha value is -1.60. The van der Waals surface area contributed by atoms with Crippen LogP contribution in [0.2, 0.25) is 0 Å². The maximum atomic E-state index is 12.5. The number of carboxylic acid groups (broad SMARTS) is 1. The molecule has 0 saturated carbocycles. The van der Waals surface area contributed by atoms with Crippen molar-refractivity contribution in [1.29, 1.82) is 0 Å². The summed E-state index contributed by atoms with van der Waals surface area (Å²) in [6.07, 6.45) is -2.46. The Kier molecular flexibility index (Phi) is 4.31. The maximum absolute atomic E-state index is 12.5. The molecular formula is C10H16F2N4O2. The third-order valence-electron chi connectivity index (χ3n) is 2.36. The molecule has 0 radical (unpaired) electrons. The van der Waals surface area contributed by atoms with Crippen LogP contribution in [0.25, 0.3) is 0 Å². The van der Waals surface area contributed by atoms with Gasteiger partial charge in [-0.3, -0.25) is 4.79 Å². The second-order valence-corrected chi connectivity index (χ2v) is 5.32. The van der Waals surface area contributed by atoms with E-state index in [0.29, 0.717) is 6.42 Å². The SMILES string of the molecule is CC(C)(C)CC(Cn1nnnc1C(F)F)C(=O)O. The highest BCUT2D eigenvalue weighted by Crippen LogP contribution is 2.26. The number of carboxylic acids is 1. The van der Waals surface area contributed by atoms with Crippen molar-refractivity contribution in [3.63, 3.8) is 0 Å². The zero-order valence-electron chi connectivity index (χ0n) is 10.5. The van der Waals surface area contributed by atoms with Crippen LogP contribution in [0, 0.1) is 11.3 Å². The van der Waals surface area contributed by atoms with Crippen LogP contribution in [0.5, 0.6) is 0 Å². The van der Waals surface area contributed by atoms with Crippen molar-refractivity contribution in [2.75, 3.05) is 0 Å². The Bertz CT molecular complexity index is 414.